The number of hydrogen-bond acceptors (Lipinski definition) is 3. The van der Waals surface area contributed by atoms with Crippen molar-refractivity contribution in [3.05, 3.63) is 12.2 Å². The van der Waals surface area contributed by atoms with Gasteiger partial charge in [0, 0.05) is 5.57 Å². The van der Waals surface area contributed by atoms with E-state index in [1.807, 2.05) is 0 Å². The number of aliphatic hydroxyl groups is 1. The van der Waals surface area contributed by atoms with Gasteiger partial charge in [-0.2, -0.15) is 0 Å². The number of carboxylic acid groups (broad SMARTS) is 1. The van der Waals surface area contributed by atoms with Crippen molar-refractivity contribution in [2.75, 3.05) is 0 Å². The van der Waals surface area contributed by atoms with E-state index < -0.39 is 29.4 Å². The molecule has 5 nitrogen and oxygen atoms in total. The maximum atomic E-state index is 11.2. The summed E-state index contributed by atoms with van der Waals surface area (Å²) in [7, 11) is 0. The number of aliphatic carboxylic acids is 1. The Bertz CT molecular complexity index is 310. The van der Waals surface area contributed by atoms with Gasteiger partial charge in [-0.3, -0.25) is 4.79 Å². The highest BCUT2D eigenvalue weighted by molar-refractivity contribution is 6.03. The Balaban J connectivity index is 3.20. The fraction of sp³-hybridized carbons (Fsp3) is 0.556. The van der Waals surface area contributed by atoms with Crippen LogP contribution in [-0.4, -0.2) is 33.7 Å². The average Bonchev–Trinajstić information content (AvgIpc) is 2.30. The molecular weight excluding hydrogens is 186 g/mol. The summed E-state index contributed by atoms with van der Waals surface area (Å²) in [6, 6.07) is 0. The van der Waals surface area contributed by atoms with Crippen LogP contribution in [0.3, 0.4) is 0 Å². The van der Waals surface area contributed by atoms with E-state index in [0.29, 0.717) is 0 Å². The first-order valence-electron chi connectivity index (χ1n) is 4.26. The van der Waals surface area contributed by atoms with E-state index in [2.05, 4.69) is 11.9 Å². The summed E-state index contributed by atoms with van der Waals surface area (Å²) >= 11 is 0. The fourth-order valence-corrected chi connectivity index (χ4v) is 1.61. The molecule has 14 heavy (non-hydrogen) atoms. The molecule has 5 heteroatoms. The Morgan fingerprint density at radius 3 is 2.29 bits per heavy atom. The minimum Gasteiger partial charge on any atom is -0.479 e. The normalized spacial score (nSPS) is 32.1. The van der Waals surface area contributed by atoms with Crippen molar-refractivity contribution in [2.24, 2.45) is 5.92 Å². The van der Waals surface area contributed by atoms with Crippen molar-refractivity contribution < 1.29 is 19.8 Å². The topological polar surface area (TPSA) is 86.6 Å². The second kappa shape index (κ2) is 3.09. The molecule has 1 heterocycles. The fourth-order valence-electron chi connectivity index (χ4n) is 1.61. The molecule has 1 fully saturated rings. The van der Waals surface area contributed by atoms with E-state index in [1.54, 1.807) is 13.8 Å². The van der Waals surface area contributed by atoms with E-state index in [9.17, 15) is 14.7 Å². The lowest BCUT2D eigenvalue weighted by atomic mass is 9.82. The van der Waals surface area contributed by atoms with E-state index >= 15 is 0 Å². The summed E-state index contributed by atoms with van der Waals surface area (Å²) in [6.07, 6.45) is -1.37. The SMILES string of the molecule is C=C1C(=O)NC(C(=O)O)(C(C)C)C1O. The first-order valence-corrected chi connectivity index (χ1v) is 4.26. The summed E-state index contributed by atoms with van der Waals surface area (Å²) in [6.45, 7) is 6.59. The van der Waals surface area contributed by atoms with Gasteiger partial charge in [0.25, 0.3) is 0 Å². The van der Waals surface area contributed by atoms with Crippen molar-refractivity contribution in [1.29, 1.82) is 0 Å². The number of nitrogens with one attached hydrogen (secondary N) is 1. The third-order valence-corrected chi connectivity index (χ3v) is 2.64. The van der Waals surface area contributed by atoms with E-state index in [1.165, 1.54) is 0 Å². The molecule has 0 aromatic rings. The summed E-state index contributed by atoms with van der Waals surface area (Å²) in [5.41, 5.74) is -1.73. The van der Waals surface area contributed by atoms with Crippen LogP contribution in [-0.2, 0) is 9.59 Å². The first kappa shape index (κ1) is 10.7. The highest BCUT2D eigenvalue weighted by Gasteiger charge is 2.56. The third kappa shape index (κ3) is 1.13. The van der Waals surface area contributed by atoms with Crippen LogP contribution < -0.4 is 5.32 Å². The largest absolute Gasteiger partial charge is 0.479 e. The molecule has 2 unspecified atom stereocenters. The lowest BCUT2D eigenvalue weighted by Gasteiger charge is -2.31. The predicted octanol–water partition coefficient (Wildman–Crippen LogP) is -0.487. The molecule has 3 N–H and O–H groups in total. The van der Waals surface area contributed by atoms with E-state index in [0.717, 1.165) is 0 Å². The zero-order valence-electron chi connectivity index (χ0n) is 8.07. The summed E-state index contributed by atoms with van der Waals surface area (Å²) in [4.78, 5) is 22.2. The Kier molecular flexibility index (Phi) is 2.37. The Labute approximate surface area is 81.4 Å². The van der Waals surface area contributed by atoms with Crippen LogP contribution in [0.4, 0.5) is 0 Å². The minimum absolute atomic E-state index is 0.0962. The molecule has 0 aliphatic carbocycles. The summed E-state index contributed by atoms with van der Waals surface area (Å²) < 4.78 is 0. The molecule has 0 bridgehead atoms. The van der Waals surface area contributed by atoms with Crippen LogP contribution in [0.1, 0.15) is 13.8 Å². The summed E-state index contributed by atoms with van der Waals surface area (Å²) in [5.74, 6) is -2.26. The molecule has 78 valence electrons. The zero-order valence-corrected chi connectivity index (χ0v) is 8.07. The van der Waals surface area contributed by atoms with E-state index in [-0.39, 0.29) is 5.57 Å². The number of carbonyl (C=O) groups excluding carboxylic acids is 1. The van der Waals surface area contributed by atoms with Crippen LogP contribution in [0, 0.1) is 5.92 Å². The van der Waals surface area contributed by atoms with Gasteiger partial charge in [0.05, 0.1) is 0 Å². The maximum Gasteiger partial charge on any atom is 0.332 e. The number of carbonyl (C=O) groups is 2. The van der Waals surface area contributed by atoms with Crippen molar-refractivity contribution in [2.45, 2.75) is 25.5 Å². The van der Waals surface area contributed by atoms with Gasteiger partial charge in [0.15, 0.2) is 5.54 Å². The van der Waals surface area contributed by atoms with Crippen LogP contribution in [0.15, 0.2) is 12.2 Å². The van der Waals surface area contributed by atoms with Gasteiger partial charge in [-0.25, -0.2) is 4.79 Å². The molecule has 0 saturated carbocycles. The van der Waals surface area contributed by atoms with Crippen molar-refractivity contribution in [3.8, 4) is 0 Å². The van der Waals surface area contributed by atoms with Crippen molar-refractivity contribution in [3.63, 3.8) is 0 Å². The van der Waals surface area contributed by atoms with Gasteiger partial charge >= 0.3 is 5.97 Å². The lowest BCUT2D eigenvalue weighted by molar-refractivity contribution is -0.151. The monoisotopic (exact) mass is 199 g/mol. The van der Waals surface area contributed by atoms with Gasteiger partial charge in [0.2, 0.25) is 5.91 Å². The van der Waals surface area contributed by atoms with Gasteiger partial charge in [-0.05, 0) is 5.92 Å². The molecule has 0 aromatic heterocycles. The number of rotatable bonds is 2. The standard InChI is InChI=1S/C9H13NO4/c1-4(2)9(8(13)14)6(11)5(3)7(12)10-9/h4,6,11H,3H2,1-2H3,(H,10,12)(H,13,14). The second-order valence-electron chi connectivity index (χ2n) is 3.71. The van der Waals surface area contributed by atoms with Crippen LogP contribution in [0.2, 0.25) is 0 Å². The van der Waals surface area contributed by atoms with Crippen molar-refractivity contribution in [1.82, 2.24) is 5.32 Å². The molecule has 0 spiro atoms. The van der Waals surface area contributed by atoms with Gasteiger partial charge in [-0.1, -0.05) is 20.4 Å². The van der Waals surface area contributed by atoms with Gasteiger partial charge < -0.3 is 15.5 Å². The average molecular weight is 199 g/mol. The molecule has 1 saturated heterocycles. The van der Waals surface area contributed by atoms with Crippen LogP contribution in [0.25, 0.3) is 0 Å². The smallest absolute Gasteiger partial charge is 0.332 e. The van der Waals surface area contributed by atoms with E-state index in [4.69, 9.17) is 5.11 Å². The highest BCUT2D eigenvalue weighted by atomic mass is 16.4. The van der Waals surface area contributed by atoms with Gasteiger partial charge in [-0.15, -0.1) is 0 Å². The second-order valence-corrected chi connectivity index (χ2v) is 3.71. The number of hydrogen-bond donors (Lipinski definition) is 3. The molecule has 1 amide bonds. The lowest BCUT2D eigenvalue weighted by Crippen LogP contribution is -2.59. The molecule has 2 atom stereocenters. The third-order valence-electron chi connectivity index (χ3n) is 2.64. The number of amides is 1. The Hall–Kier alpha value is -1.36. The quantitative estimate of drug-likeness (QED) is 0.524. The Morgan fingerprint density at radius 1 is 1.64 bits per heavy atom. The first-order chi connectivity index (χ1) is 6.34. The zero-order chi connectivity index (χ0) is 11.1. The molecule has 0 aromatic carbocycles. The molecule has 1 aliphatic heterocycles. The number of carboxylic acids is 1. The van der Waals surface area contributed by atoms with Crippen LogP contribution >= 0.6 is 0 Å². The highest BCUT2D eigenvalue weighted by Crippen LogP contribution is 2.31. The minimum atomic E-state index is -1.63. The maximum absolute atomic E-state index is 11.2. The van der Waals surface area contributed by atoms with Crippen molar-refractivity contribution >= 4 is 11.9 Å². The number of aliphatic hydroxyl groups excluding tert-OH is 1. The predicted molar refractivity (Wildman–Crippen MR) is 48.5 cm³/mol. The van der Waals surface area contributed by atoms with Gasteiger partial charge in [0.1, 0.15) is 6.10 Å². The molecular formula is C9H13NO4. The molecule has 1 aliphatic rings. The molecule has 0 radical (unpaired) electrons. The molecule has 1 rings (SSSR count). The van der Waals surface area contributed by atoms with Crippen LogP contribution in [0.5, 0.6) is 0 Å². The summed E-state index contributed by atoms with van der Waals surface area (Å²) in [5, 5.41) is 21.0. The Morgan fingerprint density at radius 2 is 2.14 bits per heavy atom.